The molecule has 1 aliphatic rings. The second kappa shape index (κ2) is 8.90. The van der Waals surface area contributed by atoms with E-state index in [1.165, 1.54) is 5.56 Å². The Labute approximate surface area is 151 Å². The molecule has 0 saturated heterocycles. The van der Waals surface area contributed by atoms with Crippen molar-refractivity contribution in [2.45, 2.75) is 58.4 Å². The van der Waals surface area contributed by atoms with E-state index in [1.807, 2.05) is 25.6 Å². The van der Waals surface area contributed by atoms with Crippen LogP contribution in [0.5, 0.6) is 0 Å². The molecule has 0 aromatic carbocycles. The molecule has 1 atom stereocenters. The van der Waals surface area contributed by atoms with Gasteiger partial charge < -0.3 is 11.1 Å². The number of aromatic nitrogens is 2. The lowest BCUT2D eigenvalue weighted by atomic mass is 9.94. The van der Waals surface area contributed by atoms with Gasteiger partial charge >= 0.3 is 0 Å². The molecule has 1 amide bonds. The quantitative estimate of drug-likeness (QED) is 0.842. The summed E-state index contributed by atoms with van der Waals surface area (Å²) in [4.78, 5) is 12.5. The number of aryl methyl sites for hydroxylation is 2. The van der Waals surface area contributed by atoms with Gasteiger partial charge in [0.25, 0.3) is 0 Å². The van der Waals surface area contributed by atoms with Crippen molar-refractivity contribution in [3.63, 3.8) is 0 Å². The van der Waals surface area contributed by atoms with Gasteiger partial charge in [-0.2, -0.15) is 5.10 Å². The molecule has 134 valence electrons. The van der Waals surface area contributed by atoms with Crippen LogP contribution in [0.4, 0.5) is 0 Å². The molecule has 23 heavy (non-hydrogen) atoms. The molecule has 7 heteroatoms. The van der Waals surface area contributed by atoms with Crippen LogP contribution in [-0.2, 0) is 18.3 Å². The number of halogens is 2. The summed E-state index contributed by atoms with van der Waals surface area (Å²) in [6.07, 6.45) is 5.07. The minimum atomic E-state index is -0.162. The fourth-order valence-corrected chi connectivity index (χ4v) is 3.33. The van der Waals surface area contributed by atoms with Gasteiger partial charge in [-0.15, -0.1) is 24.8 Å². The second-order valence-electron chi connectivity index (χ2n) is 6.56. The van der Waals surface area contributed by atoms with Gasteiger partial charge in [0.15, 0.2) is 0 Å². The summed E-state index contributed by atoms with van der Waals surface area (Å²) in [6.45, 7) is 6.58. The highest BCUT2D eigenvalue weighted by molar-refractivity contribution is 5.85. The number of amides is 1. The lowest BCUT2D eigenvalue weighted by molar-refractivity contribution is -0.126. The highest BCUT2D eigenvalue weighted by Gasteiger charge is 2.35. The first-order valence-electron chi connectivity index (χ1n) is 7.90. The van der Waals surface area contributed by atoms with Gasteiger partial charge in [-0.25, -0.2) is 0 Å². The number of nitrogens with zero attached hydrogens (tertiary/aromatic N) is 2. The van der Waals surface area contributed by atoms with Gasteiger partial charge in [-0.1, -0.05) is 19.8 Å². The molecule has 0 spiro atoms. The molecule has 1 saturated carbocycles. The molecular formula is C16H30Cl2N4O. The van der Waals surface area contributed by atoms with E-state index in [9.17, 15) is 4.79 Å². The van der Waals surface area contributed by atoms with Gasteiger partial charge in [-0.05, 0) is 38.7 Å². The molecule has 1 heterocycles. The predicted molar refractivity (Wildman–Crippen MR) is 98.4 cm³/mol. The van der Waals surface area contributed by atoms with Crippen LogP contribution in [0.2, 0.25) is 0 Å². The monoisotopic (exact) mass is 364 g/mol. The number of hydrogen-bond acceptors (Lipinski definition) is 3. The predicted octanol–water partition coefficient (Wildman–Crippen LogP) is 2.45. The van der Waals surface area contributed by atoms with Gasteiger partial charge in [-0.3, -0.25) is 9.48 Å². The summed E-state index contributed by atoms with van der Waals surface area (Å²) >= 11 is 0. The van der Waals surface area contributed by atoms with Gasteiger partial charge in [0, 0.05) is 25.2 Å². The number of rotatable bonds is 5. The number of carbonyl (C=O) groups is 1. The molecule has 0 bridgehead atoms. The van der Waals surface area contributed by atoms with Gasteiger partial charge in [0.1, 0.15) is 0 Å². The summed E-state index contributed by atoms with van der Waals surface area (Å²) in [5, 5.41) is 7.64. The molecule has 1 unspecified atom stereocenters. The maximum atomic E-state index is 12.5. The lowest BCUT2D eigenvalue weighted by Gasteiger charge is -2.30. The Bertz CT molecular complexity index is 524. The normalized spacial score (nSPS) is 17.1. The van der Waals surface area contributed by atoms with Crippen molar-refractivity contribution in [3.05, 3.63) is 17.0 Å². The summed E-state index contributed by atoms with van der Waals surface area (Å²) in [6, 6.07) is 0. The molecule has 1 aromatic heterocycles. The van der Waals surface area contributed by atoms with Crippen molar-refractivity contribution in [1.82, 2.24) is 15.1 Å². The third-order valence-corrected chi connectivity index (χ3v) is 4.96. The minimum Gasteiger partial charge on any atom is -0.349 e. The van der Waals surface area contributed by atoms with Crippen LogP contribution in [-0.4, -0.2) is 27.8 Å². The van der Waals surface area contributed by atoms with Crippen molar-refractivity contribution in [1.29, 1.82) is 0 Å². The highest BCUT2D eigenvalue weighted by atomic mass is 35.5. The Morgan fingerprint density at radius 3 is 2.35 bits per heavy atom. The highest BCUT2D eigenvalue weighted by Crippen LogP contribution is 2.29. The Kier molecular flexibility index (Phi) is 8.60. The molecule has 1 aliphatic carbocycles. The smallest absolute Gasteiger partial charge is 0.223 e. The van der Waals surface area contributed by atoms with Crippen LogP contribution in [0.3, 0.4) is 0 Å². The molecular weight excluding hydrogens is 335 g/mol. The number of carbonyl (C=O) groups excluding carboxylic acids is 1. The number of nitrogens with two attached hydrogens (primary N) is 1. The molecule has 2 rings (SSSR count). The van der Waals surface area contributed by atoms with Crippen molar-refractivity contribution >= 4 is 30.7 Å². The van der Waals surface area contributed by atoms with Gasteiger partial charge in [0.05, 0.1) is 11.2 Å². The van der Waals surface area contributed by atoms with Crippen molar-refractivity contribution in [2.75, 3.05) is 6.54 Å². The van der Waals surface area contributed by atoms with E-state index < -0.39 is 0 Å². The van der Waals surface area contributed by atoms with Crippen LogP contribution in [0, 0.1) is 19.8 Å². The summed E-state index contributed by atoms with van der Waals surface area (Å²) in [5.41, 5.74) is 9.08. The van der Waals surface area contributed by atoms with Crippen molar-refractivity contribution in [3.8, 4) is 0 Å². The maximum Gasteiger partial charge on any atom is 0.223 e. The van der Waals surface area contributed by atoms with Gasteiger partial charge in [0.2, 0.25) is 5.91 Å². The zero-order chi connectivity index (χ0) is 15.6. The fraction of sp³-hybridized carbons (Fsp3) is 0.750. The Morgan fingerprint density at radius 1 is 1.35 bits per heavy atom. The van der Waals surface area contributed by atoms with Crippen LogP contribution in [0.25, 0.3) is 0 Å². The van der Waals surface area contributed by atoms with E-state index in [1.54, 1.807) is 0 Å². The van der Waals surface area contributed by atoms with E-state index in [0.29, 0.717) is 6.54 Å². The summed E-state index contributed by atoms with van der Waals surface area (Å²) in [5.74, 6) is 0.0561. The molecule has 0 radical (unpaired) electrons. The summed E-state index contributed by atoms with van der Waals surface area (Å²) in [7, 11) is 1.94. The largest absolute Gasteiger partial charge is 0.349 e. The fourth-order valence-electron chi connectivity index (χ4n) is 3.33. The zero-order valence-corrected chi connectivity index (χ0v) is 16.1. The summed E-state index contributed by atoms with van der Waals surface area (Å²) < 4.78 is 1.88. The molecule has 1 aromatic rings. The van der Waals surface area contributed by atoms with Crippen LogP contribution in [0.15, 0.2) is 0 Å². The average Bonchev–Trinajstić information content (AvgIpc) is 3.00. The standard InChI is InChI=1S/C16H28N4O.2ClH/c1-11(9-14-12(2)19-20(4)13(14)3)15(21)18-16(10-17)7-5-6-8-16;;/h11H,5-10,17H2,1-4H3,(H,18,21);2*1H. The molecule has 3 N–H and O–H groups in total. The minimum absolute atomic E-state index is 0. The van der Waals surface area contributed by atoms with Crippen molar-refractivity contribution < 1.29 is 4.79 Å². The Hall–Kier alpha value is -0.780. The lowest BCUT2D eigenvalue weighted by Crippen LogP contribution is -2.53. The number of nitrogens with one attached hydrogen (secondary N) is 1. The first-order chi connectivity index (χ1) is 9.88. The molecule has 5 nitrogen and oxygen atoms in total. The third-order valence-electron chi connectivity index (χ3n) is 4.96. The second-order valence-corrected chi connectivity index (χ2v) is 6.56. The van der Waals surface area contributed by atoms with E-state index >= 15 is 0 Å². The van der Waals surface area contributed by atoms with E-state index in [0.717, 1.165) is 43.5 Å². The Morgan fingerprint density at radius 2 is 1.91 bits per heavy atom. The first-order valence-corrected chi connectivity index (χ1v) is 7.90. The van der Waals surface area contributed by atoms with Crippen molar-refractivity contribution in [2.24, 2.45) is 18.7 Å². The first kappa shape index (κ1) is 22.2. The van der Waals surface area contributed by atoms with Crippen LogP contribution in [0.1, 0.15) is 49.6 Å². The third kappa shape index (κ3) is 4.85. The van der Waals surface area contributed by atoms with Crippen LogP contribution >= 0.6 is 24.8 Å². The average molecular weight is 365 g/mol. The number of hydrogen-bond donors (Lipinski definition) is 2. The van der Waals surface area contributed by atoms with E-state index in [2.05, 4.69) is 17.3 Å². The Balaban J connectivity index is 0.00000242. The maximum absolute atomic E-state index is 12.5. The van der Waals surface area contributed by atoms with E-state index in [-0.39, 0.29) is 42.2 Å². The topological polar surface area (TPSA) is 72.9 Å². The SMILES string of the molecule is Cc1nn(C)c(C)c1CC(C)C(=O)NC1(CN)CCCC1.Cl.Cl. The van der Waals surface area contributed by atoms with Crippen LogP contribution < -0.4 is 11.1 Å². The molecule has 1 fully saturated rings. The van der Waals surface area contributed by atoms with E-state index in [4.69, 9.17) is 5.73 Å². The molecule has 0 aliphatic heterocycles. The zero-order valence-electron chi connectivity index (χ0n) is 14.5.